The van der Waals surface area contributed by atoms with E-state index in [1.54, 1.807) is 0 Å². The van der Waals surface area contributed by atoms with Gasteiger partial charge in [0.25, 0.3) is 5.95 Å². The summed E-state index contributed by atoms with van der Waals surface area (Å²) in [5, 5.41) is 6.87. The molecule has 4 heterocycles. The van der Waals surface area contributed by atoms with Crippen LogP contribution in [0.25, 0.3) is 0 Å². The molecule has 13 heteroatoms. The fraction of sp³-hybridized carbons (Fsp3) is 0.268. The van der Waals surface area contributed by atoms with E-state index < -0.39 is 0 Å². The second-order valence-electron chi connectivity index (χ2n) is 14.0. The largest absolute Gasteiger partial charge is 0.378 e. The van der Waals surface area contributed by atoms with Gasteiger partial charge in [0.05, 0.1) is 18.8 Å². The number of anilines is 7. The molecular formula is C41H46N13+. The van der Waals surface area contributed by atoms with E-state index in [9.17, 15) is 0 Å². The van der Waals surface area contributed by atoms with Crippen LogP contribution in [0.4, 0.5) is 40.9 Å². The number of aryl methyl sites for hydroxylation is 2. The molecule has 2 aromatic heterocycles. The molecule has 1 saturated heterocycles. The Balaban J connectivity index is 1.12. The highest BCUT2D eigenvalue weighted by molar-refractivity contribution is 5.55. The van der Waals surface area contributed by atoms with E-state index in [0.717, 1.165) is 62.6 Å². The van der Waals surface area contributed by atoms with Gasteiger partial charge in [-0.15, -0.1) is 4.68 Å². The zero-order valence-electron chi connectivity index (χ0n) is 30.8. The molecule has 0 atom stereocenters. The van der Waals surface area contributed by atoms with Crippen molar-refractivity contribution in [1.29, 1.82) is 0 Å². The predicted molar refractivity (Wildman–Crippen MR) is 213 cm³/mol. The number of hydrogen-bond donors (Lipinski definition) is 4. The zero-order valence-corrected chi connectivity index (χ0v) is 30.8. The predicted octanol–water partition coefficient (Wildman–Crippen LogP) is 5.39. The summed E-state index contributed by atoms with van der Waals surface area (Å²) in [6.45, 7) is 10.5. The van der Waals surface area contributed by atoms with Gasteiger partial charge in [0.2, 0.25) is 11.8 Å². The van der Waals surface area contributed by atoms with Gasteiger partial charge in [-0.2, -0.15) is 15.0 Å². The molecule has 4 aromatic carbocycles. The second-order valence-corrected chi connectivity index (χ2v) is 14.0. The van der Waals surface area contributed by atoms with Gasteiger partial charge in [0.1, 0.15) is 5.82 Å². The fourth-order valence-corrected chi connectivity index (χ4v) is 6.92. The molecule has 0 saturated carbocycles. The Morgan fingerprint density at radius 1 is 0.611 bits per heavy atom. The number of para-hydroxylation sites is 1. The summed E-state index contributed by atoms with van der Waals surface area (Å²) < 4.78 is 1.81. The number of hydrogen-bond acceptors (Lipinski definition) is 12. The molecule has 1 fully saturated rings. The van der Waals surface area contributed by atoms with Crippen molar-refractivity contribution in [2.75, 3.05) is 59.4 Å². The molecule has 0 amide bonds. The molecule has 0 radical (unpaired) electrons. The first kappa shape index (κ1) is 34.9. The van der Waals surface area contributed by atoms with E-state index in [2.05, 4.69) is 128 Å². The van der Waals surface area contributed by atoms with Gasteiger partial charge in [-0.3, -0.25) is 15.1 Å². The van der Waals surface area contributed by atoms with Gasteiger partial charge in [-0.25, -0.2) is 5.43 Å². The van der Waals surface area contributed by atoms with Crippen LogP contribution in [0.15, 0.2) is 103 Å². The van der Waals surface area contributed by atoms with Crippen LogP contribution in [0.2, 0.25) is 0 Å². The number of fused-ring (bicyclic) bond motifs is 1. The van der Waals surface area contributed by atoms with Crippen LogP contribution in [0, 0.1) is 13.8 Å². The highest BCUT2D eigenvalue weighted by Crippen LogP contribution is 2.22. The number of nitrogen functional groups attached to an aromatic ring is 1. The van der Waals surface area contributed by atoms with Gasteiger partial charge >= 0.3 is 11.9 Å². The average molecular weight is 721 g/mol. The third kappa shape index (κ3) is 8.54. The number of nitrogens with one attached hydrogen (secondary N) is 3. The molecule has 2 aliphatic heterocycles. The van der Waals surface area contributed by atoms with Crippen LogP contribution in [-0.4, -0.2) is 67.4 Å². The van der Waals surface area contributed by atoms with Gasteiger partial charge < -0.3 is 16.0 Å². The Labute approximate surface area is 315 Å². The van der Waals surface area contributed by atoms with E-state index in [1.165, 1.54) is 22.4 Å². The topological polar surface area (TPSA) is 140 Å². The van der Waals surface area contributed by atoms with Crippen molar-refractivity contribution in [1.82, 2.24) is 34.7 Å². The molecule has 2 aliphatic rings. The molecular weight excluding hydrogens is 675 g/mol. The van der Waals surface area contributed by atoms with Crippen LogP contribution in [0.1, 0.15) is 33.9 Å². The van der Waals surface area contributed by atoms with E-state index in [1.807, 2.05) is 28.9 Å². The molecule has 8 rings (SSSR count). The third-order valence-corrected chi connectivity index (χ3v) is 9.88. The Morgan fingerprint density at radius 2 is 1.26 bits per heavy atom. The fourth-order valence-electron chi connectivity index (χ4n) is 6.92. The van der Waals surface area contributed by atoms with E-state index in [4.69, 9.17) is 25.7 Å². The maximum Gasteiger partial charge on any atom is 0.378 e. The summed E-state index contributed by atoms with van der Waals surface area (Å²) in [4.78, 5) is 31.4. The van der Waals surface area contributed by atoms with Crippen molar-refractivity contribution in [3.8, 4) is 0 Å². The Hall–Kier alpha value is -6.18. The Bertz CT molecular complexity index is 2190. The maximum absolute atomic E-state index is 6.40. The number of nitrogens with zero attached hydrogens (tertiary/aromatic N) is 9. The summed E-state index contributed by atoms with van der Waals surface area (Å²) >= 11 is 0. The minimum Gasteiger partial charge on any atom is -0.369 e. The standard InChI is InChI=1S/C41H45N13/c1-29-12-16-33(17-13-29)43-39-45-36(27-52-21-20-31-8-6-7-9-32(31)26-52)46-40(49-39)50-54-37(28-51-22-24-53(25-23-51)35-10-4-3-5-11-35)47-38(42)48-41(54)44-34-18-14-30(2)15-19-34/h3-19H,20-28H2,1-2H3,(H4,42,43,44,45,46,48,49,50)/p+1. The molecule has 13 nitrogen and oxygen atoms in total. The number of benzene rings is 4. The van der Waals surface area contributed by atoms with Crippen LogP contribution in [0.5, 0.6) is 0 Å². The Morgan fingerprint density at radius 3 is 1.98 bits per heavy atom. The first-order valence-electron chi connectivity index (χ1n) is 18.5. The van der Waals surface area contributed by atoms with Crippen LogP contribution < -0.4 is 31.4 Å². The lowest BCUT2D eigenvalue weighted by Crippen LogP contribution is -2.54. The average Bonchev–Trinajstić information content (AvgIpc) is 3.18. The number of rotatable bonds is 11. The van der Waals surface area contributed by atoms with Crippen molar-refractivity contribution in [2.24, 2.45) is 0 Å². The molecule has 5 N–H and O–H groups in total. The first-order chi connectivity index (χ1) is 26.4. The number of nitrogens with two attached hydrogens (primary N) is 1. The minimum absolute atomic E-state index is 0.170. The SMILES string of the molecule is Cc1ccc(Nc2nc(CN3CCc4ccccc4C3)nc(N[n+]3c(CN4CCN(c5ccccc5)CC4)nc(N)nc3Nc3ccc(C)cc3)n2)cc1. The van der Waals surface area contributed by atoms with E-state index in [-0.39, 0.29) is 5.95 Å². The molecule has 0 unspecified atom stereocenters. The number of piperazine rings is 1. The highest BCUT2D eigenvalue weighted by Gasteiger charge is 2.27. The van der Waals surface area contributed by atoms with E-state index in [0.29, 0.717) is 42.6 Å². The van der Waals surface area contributed by atoms with Crippen molar-refractivity contribution in [3.05, 3.63) is 137 Å². The molecule has 6 aromatic rings. The number of aromatic nitrogens is 6. The minimum atomic E-state index is 0.170. The smallest absolute Gasteiger partial charge is 0.369 e. The van der Waals surface area contributed by atoms with Crippen LogP contribution in [0.3, 0.4) is 0 Å². The van der Waals surface area contributed by atoms with Crippen LogP contribution in [-0.2, 0) is 26.1 Å². The second kappa shape index (κ2) is 15.8. The lowest BCUT2D eigenvalue weighted by Gasteiger charge is -2.35. The van der Waals surface area contributed by atoms with Crippen LogP contribution >= 0.6 is 0 Å². The summed E-state index contributed by atoms with van der Waals surface area (Å²) in [7, 11) is 0. The molecule has 274 valence electrons. The lowest BCUT2D eigenvalue weighted by molar-refractivity contribution is -0.644. The van der Waals surface area contributed by atoms with Crippen molar-refractivity contribution < 1.29 is 4.68 Å². The quantitative estimate of drug-likeness (QED) is 0.128. The van der Waals surface area contributed by atoms with Gasteiger partial charge in [0.15, 0.2) is 0 Å². The van der Waals surface area contributed by atoms with E-state index >= 15 is 0 Å². The van der Waals surface area contributed by atoms with Crippen molar-refractivity contribution >= 4 is 40.9 Å². The summed E-state index contributed by atoms with van der Waals surface area (Å²) in [6.07, 6.45) is 0.983. The van der Waals surface area contributed by atoms with Crippen molar-refractivity contribution in [2.45, 2.75) is 39.9 Å². The Kier molecular flexibility index (Phi) is 10.2. The van der Waals surface area contributed by atoms with Gasteiger partial charge in [-0.05, 0) is 67.8 Å². The molecule has 0 spiro atoms. The molecule has 54 heavy (non-hydrogen) atoms. The lowest BCUT2D eigenvalue weighted by atomic mass is 10.00. The molecule has 0 aliphatic carbocycles. The van der Waals surface area contributed by atoms with Gasteiger partial charge in [-0.1, -0.05) is 87.8 Å². The monoisotopic (exact) mass is 720 g/mol. The zero-order chi connectivity index (χ0) is 36.9. The highest BCUT2D eigenvalue weighted by atomic mass is 15.5. The summed E-state index contributed by atoms with van der Waals surface area (Å²) in [5.41, 5.74) is 17.9. The molecule has 0 bridgehead atoms. The maximum atomic E-state index is 6.40. The van der Waals surface area contributed by atoms with Gasteiger partial charge in [0, 0.05) is 50.6 Å². The normalized spacial score (nSPS) is 14.7. The first-order valence-corrected chi connectivity index (χ1v) is 18.5. The summed E-state index contributed by atoms with van der Waals surface area (Å²) in [5.74, 6) is 2.74. The van der Waals surface area contributed by atoms with Crippen molar-refractivity contribution in [3.63, 3.8) is 0 Å². The summed E-state index contributed by atoms with van der Waals surface area (Å²) in [6, 6.07) is 35.5. The third-order valence-electron chi connectivity index (χ3n) is 9.88.